The lowest BCUT2D eigenvalue weighted by Gasteiger charge is -2.17. The topological polar surface area (TPSA) is 71.5 Å². The number of hydrogen-bond acceptors (Lipinski definition) is 4. The zero-order valence-electron chi connectivity index (χ0n) is 14.1. The molecule has 0 bridgehead atoms. The number of benzene rings is 1. The van der Waals surface area contributed by atoms with E-state index in [-0.39, 0.29) is 11.8 Å². The first-order chi connectivity index (χ1) is 12.1. The number of rotatable bonds is 6. The van der Waals surface area contributed by atoms with Crippen molar-refractivity contribution in [3.63, 3.8) is 0 Å². The zero-order valence-corrected chi connectivity index (χ0v) is 14.1. The van der Waals surface area contributed by atoms with E-state index < -0.39 is 6.10 Å². The van der Waals surface area contributed by atoms with Crippen molar-refractivity contribution in [2.75, 3.05) is 11.4 Å². The Labute approximate surface area is 146 Å². The molecule has 0 radical (unpaired) electrons. The number of nitrogens with zero attached hydrogens (tertiary/aromatic N) is 2. The van der Waals surface area contributed by atoms with Gasteiger partial charge in [-0.25, -0.2) is 0 Å². The predicted molar refractivity (Wildman–Crippen MR) is 94.2 cm³/mol. The molecule has 0 aliphatic carbocycles. The molecule has 0 spiro atoms. The Morgan fingerprint density at radius 3 is 2.76 bits per heavy atom. The molecule has 1 aromatic carbocycles. The Morgan fingerprint density at radius 2 is 2.12 bits per heavy atom. The molecular weight excluding hydrogens is 318 g/mol. The van der Waals surface area contributed by atoms with E-state index in [4.69, 9.17) is 4.74 Å². The van der Waals surface area contributed by atoms with Gasteiger partial charge in [0.2, 0.25) is 5.91 Å². The highest BCUT2D eigenvalue weighted by Crippen LogP contribution is 2.21. The number of anilines is 1. The van der Waals surface area contributed by atoms with Crippen LogP contribution < -0.4 is 15.0 Å². The molecule has 2 amide bonds. The molecule has 6 heteroatoms. The van der Waals surface area contributed by atoms with Crippen molar-refractivity contribution in [2.45, 2.75) is 32.4 Å². The summed E-state index contributed by atoms with van der Waals surface area (Å²) in [6.45, 7) is 2.89. The van der Waals surface area contributed by atoms with Gasteiger partial charge >= 0.3 is 0 Å². The summed E-state index contributed by atoms with van der Waals surface area (Å²) >= 11 is 0. The second-order valence-corrected chi connectivity index (χ2v) is 5.98. The molecule has 1 atom stereocenters. The fraction of sp³-hybridized carbons (Fsp3) is 0.316. The highest BCUT2D eigenvalue weighted by Gasteiger charge is 2.21. The molecule has 0 saturated carbocycles. The van der Waals surface area contributed by atoms with Crippen LogP contribution in [0.3, 0.4) is 0 Å². The van der Waals surface area contributed by atoms with Crippen LogP contribution in [-0.2, 0) is 16.1 Å². The van der Waals surface area contributed by atoms with Crippen molar-refractivity contribution in [3.05, 3.63) is 54.4 Å². The molecule has 3 rings (SSSR count). The van der Waals surface area contributed by atoms with E-state index >= 15 is 0 Å². The maximum Gasteiger partial charge on any atom is 0.261 e. The predicted octanol–water partition coefficient (Wildman–Crippen LogP) is 2.29. The van der Waals surface area contributed by atoms with Gasteiger partial charge in [0.15, 0.2) is 6.10 Å². The van der Waals surface area contributed by atoms with Gasteiger partial charge in [-0.3, -0.25) is 14.6 Å². The molecule has 1 aliphatic rings. The number of aromatic nitrogens is 1. The van der Waals surface area contributed by atoms with Gasteiger partial charge in [0.25, 0.3) is 5.91 Å². The second kappa shape index (κ2) is 7.79. The van der Waals surface area contributed by atoms with E-state index in [0.29, 0.717) is 18.7 Å². The van der Waals surface area contributed by atoms with E-state index in [1.165, 1.54) is 0 Å². The summed E-state index contributed by atoms with van der Waals surface area (Å²) in [6.07, 6.45) is 4.14. The summed E-state index contributed by atoms with van der Waals surface area (Å²) in [6, 6.07) is 11.2. The average Bonchev–Trinajstić information content (AvgIpc) is 3.07. The van der Waals surface area contributed by atoms with Gasteiger partial charge in [-0.1, -0.05) is 12.1 Å². The van der Waals surface area contributed by atoms with Crippen LogP contribution in [0.1, 0.15) is 25.3 Å². The van der Waals surface area contributed by atoms with Gasteiger partial charge in [-0.15, -0.1) is 0 Å². The number of hydrogen-bond donors (Lipinski definition) is 1. The number of pyridine rings is 1. The van der Waals surface area contributed by atoms with E-state index in [9.17, 15) is 9.59 Å². The number of ether oxygens (including phenoxy) is 1. The second-order valence-electron chi connectivity index (χ2n) is 5.98. The Balaban J connectivity index is 1.51. The summed E-state index contributed by atoms with van der Waals surface area (Å²) < 4.78 is 5.54. The van der Waals surface area contributed by atoms with Crippen molar-refractivity contribution in [1.82, 2.24) is 10.3 Å². The van der Waals surface area contributed by atoms with Crippen LogP contribution in [0.2, 0.25) is 0 Å². The minimum Gasteiger partial charge on any atom is -0.479 e. The Morgan fingerprint density at radius 1 is 1.32 bits per heavy atom. The van der Waals surface area contributed by atoms with Gasteiger partial charge in [-0.05, 0) is 43.2 Å². The number of carbonyl (C=O) groups excluding carboxylic acids is 2. The van der Waals surface area contributed by atoms with Crippen LogP contribution in [0.4, 0.5) is 5.69 Å². The van der Waals surface area contributed by atoms with Crippen molar-refractivity contribution in [3.8, 4) is 5.75 Å². The minimum atomic E-state index is -0.606. The van der Waals surface area contributed by atoms with Gasteiger partial charge in [0, 0.05) is 31.4 Å². The first-order valence-electron chi connectivity index (χ1n) is 8.37. The largest absolute Gasteiger partial charge is 0.479 e. The van der Waals surface area contributed by atoms with Crippen LogP contribution in [0.15, 0.2) is 48.8 Å². The summed E-state index contributed by atoms with van der Waals surface area (Å²) in [4.78, 5) is 29.6. The molecule has 6 nitrogen and oxygen atoms in total. The first kappa shape index (κ1) is 17.0. The molecule has 1 aromatic heterocycles. The van der Waals surface area contributed by atoms with E-state index in [0.717, 1.165) is 24.2 Å². The summed E-state index contributed by atoms with van der Waals surface area (Å²) in [5, 5.41) is 2.85. The lowest BCUT2D eigenvalue weighted by molar-refractivity contribution is -0.127. The van der Waals surface area contributed by atoms with Gasteiger partial charge in [0.1, 0.15) is 5.75 Å². The average molecular weight is 339 g/mol. The molecule has 1 unspecified atom stereocenters. The van der Waals surface area contributed by atoms with Crippen molar-refractivity contribution < 1.29 is 14.3 Å². The quantitative estimate of drug-likeness (QED) is 0.876. The number of amides is 2. The highest BCUT2D eigenvalue weighted by atomic mass is 16.5. The van der Waals surface area contributed by atoms with Crippen LogP contribution in [-0.4, -0.2) is 29.4 Å². The Kier molecular flexibility index (Phi) is 5.28. The maximum atomic E-state index is 12.1. The van der Waals surface area contributed by atoms with E-state index in [1.807, 2.05) is 24.3 Å². The van der Waals surface area contributed by atoms with Gasteiger partial charge in [0.05, 0.1) is 6.20 Å². The molecule has 2 heterocycles. The van der Waals surface area contributed by atoms with Crippen molar-refractivity contribution in [1.29, 1.82) is 0 Å². The SMILES string of the molecule is CC(Oc1cccnc1)C(=O)NCc1ccc(N2CCCC2=O)cc1. The van der Waals surface area contributed by atoms with Crippen LogP contribution in [0.5, 0.6) is 5.75 Å². The third-order valence-electron chi connectivity index (χ3n) is 4.10. The molecule has 1 saturated heterocycles. The standard InChI is InChI=1S/C19H21N3O3/c1-14(25-17-4-2-10-20-13-17)19(24)21-12-15-6-8-16(9-7-15)22-11-3-5-18(22)23/h2,4,6-10,13-14H,3,5,11-12H2,1H3,(H,21,24). The van der Waals surface area contributed by atoms with Crippen LogP contribution >= 0.6 is 0 Å². The molecule has 1 N–H and O–H groups in total. The minimum absolute atomic E-state index is 0.169. The van der Waals surface area contributed by atoms with Gasteiger partial charge < -0.3 is 15.0 Å². The summed E-state index contributed by atoms with van der Waals surface area (Å²) in [5.41, 5.74) is 1.88. The third kappa shape index (κ3) is 4.35. The lowest BCUT2D eigenvalue weighted by Crippen LogP contribution is -2.35. The molecule has 2 aromatic rings. The molecule has 130 valence electrons. The molecule has 1 fully saturated rings. The summed E-state index contributed by atoms with van der Waals surface area (Å²) in [7, 11) is 0. The molecule has 25 heavy (non-hydrogen) atoms. The molecular formula is C19H21N3O3. The third-order valence-corrected chi connectivity index (χ3v) is 4.10. The van der Waals surface area contributed by atoms with Crippen LogP contribution in [0.25, 0.3) is 0 Å². The number of carbonyl (C=O) groups is 2. The van der Waals surface area contributed by atoms with E-state index in [2.05, 4.69) is 10.3 Å². The number of nitrogens with one attached hydrogen (secondary N) is 1. The normalized spacial score (nSPS) is 15.1. The monoisotopic (exact) mass is 339 g/mol. The van der Waals surface area contributed by atoms with Crippen LogP contribution in [0, 0.1) is 0 Å². The smallest absolute Gasteiger partial charge is 0.261 e. The Hall–Kier alpha value is -2.89. The van der Waals surface area contributed by atoms with Gasteiger partial charge in [-0.2, -0.15) is 0 Å². The fourth-order valence-electron chi connectivity index (χ4n) is 2.72. The Bertz CT molecular complexity index is 731. The highest BCUT2D eigenvalue weighted by molar-refractivity contribution is 5.95. The van der Waals surface area contributed by atoms with Crippen molar-refractivity contribution in [2.24, 2.45) is 0 Å². The maximum absolute atomic E-state index is 12.1. The molecule has 1 aliphatic heterocycles. The lowest BCUT2D eigenvalue weighted by atomic mass is 10.2. The fourth-order valence-corrected chi connectivity index (χ4v) is 2.72. The summed E-state index contributed by atoms with van der Waals surface area (Å²) in [5.74, 6) is 0.537. The zero-order chi connectivity index (χ0) is 17.6. The van der Waals surface area contributed by atoms with Crippen molar-refractivity contribution >= 4 is 17.5 Å². The first-order valence-corrected chi connectivity index (χ1v) is 8.37. The van der Waals surface area contributed by atoms with E-state index in [1.54, 1.807) is 36.4 Å².